The van der Waals surface area contributed by atoms with E-state index in [9.17, 15) is 9.59 Å². The second kappa shape index (κ2) is 8.86. The van der Waals surface area contributed by atoms with Crippen molar-refractivity contribution in [1.82, 2.24) is 0 Å². The van der Waals surface area contributed by atoms with Gasteiger partial charge in [0.05, 0.1) is 5.56 Å². The van der Waals surface area contributed by atoms with Crippen molar-refractivity contribution in [1.29, 1.82) is 0 Å². The van der Waals surface area contributed by atoms with Crippen LogP contribution in [0.3, 0.4) is 0 Å². The third-order valence-corrected chi connectivity index (χ3v) is 4.01. The second-order valence-electron chi connectivity index (χ2n) is 6.35. The molecule has 142 valence electrons. The largest absolute Gasteiger partial charge is 0.457 e. The van der Waals surface area contributed by atoms with Gasteiger partial charge in [0.15, 0.2) is 6.10 Å². The molecule has 0 aliphatic heterocycles. The molecule has 0 bridgehead atoms. The highest BCUT2D eigenvalue weighted by molar-refractivity contribution is 5.97. The minimum atomic E-state index is -0.923. The molecule has 0 aliphatic rings. The van der Waals surface area contributed by atoms with Gasteiger partial charge in [-0.05, 0) is 62.4 Å². The third kappa shape index (κ3) is 5.20. The van der Waals surface area contributed by atoms with E-state index in [2.05, 4.69) is 5.32 Å². The Hall–Kier alpha value is -3.60. The second-order valence-corrected chi connectivity index (χ2v) is 6.35. The molecular formula is C23H21NO4. The first kappa shape index (κ1) is 19.2. The molecule has 0 aliphatic carbocycles. The number of nitrogens with one attached hydrogen (secondary N) is 1. The quantitative estimate of drug-likeness (QED) is 0.618. The van der Waals surface area contributed by atoms with Crippen molar-refractivity contribution in [2.45, 2.75) is 20.0 Å². The molecule has 0 aromatic heterocycles. The molecule has 0 heterocycles. The summed E-state index contributed by atoms with van der Waals surface area (Å²) < 4.78 is 11.0. The number of hydrogen-bond acceptors (Lipinski definition) is 4. The summed E-state index contributed by atoms with van der Waals surface area (Å²) in [5, 5.41) is 2.73. The minimum Gasteiger partial charge on any atom is -0.457 e. The number of benzene rings is 3. The van der Waals surface area contributed by atoms with Gasteiger partial charge in [-0.25, -0.2) is 4.79 Å². The number of aryl methyl sites for hydroxylation is 1. The number of ether oxygens (including phenoxy) is 2. The Morgan fingerprint density at radius 1 is 0.857 bits per heavy atom. The van der Waals surface area contributed by atoms with E-state index in [0.717, 1.165) is 11.3 Å². The smallest absolute Gasteiger partial charge is 0.338 e. The number of amides is 1. The molecule has 1 amide bonds. The Labute approximate surface area is 163 Å². The fourth-order valence-corrected chi connectivity index (χ4v) is 2.53. The Morgan fingerprint density at radius 2 is 1.54 bits per heavy atom. The van der Waals surface area contributed by atoms with E-state index in [1.54, 1.807) is 42.5 Å². The molecule has 0 spiro atoms. The molecule has 5 heteroatoms. The molecule has 1 N–H and O–H groups in total. The van der Waals surface area contributed by atoms with Crippen molar-refractivity contribution in [3.8, 4) is 11.5 Å². The zero-order valence-electron chi connectivity index (χ0n) is 15.7. The molecule has 0 fully saturated rings. The van der Waals surface area contributed by atoms with Crippen LogP contribution >= 0.6 is 0 Å². The van der Waals surface area contributed by atoms with Crippen LogP contribution in [0.4, 0.5) is 5.69 Å². The summed E-state index contributed by atoms with van der Waals surface area (Å²) in [5.41, 5.74) is 1.95. The van der Waals surface area contributed by atoms with Crippen LogP contribution in [0.2, 0.25) is 0 Å². The van der Waals surface area contributed by atoms with Crippen molar-refractivity contribution in [3.05, 3.63) is 90.0 Å². The molecule has 0 saturated heterocycles. The maximum absolute atomic E-state index is 12.3. The first-order valence-corrected chi connectivity index (χ1v) is 8.93. The predicted molar refractivity (Wildman–Crippen MR) is 108 cm³/mol. The van der Waals surface area contributed by atoms with Crippen LogP contribution in [-0.2, 0) is 9.53 Å². The summed E-state index contributed by atoms with van der Waals surface area (Å²) in [6.45, 7) is 3.42. The zero-order chi connectivity index (χ0) is 19.9. The van der Waals surface area contributed by atoms with E-state index < -0.39 is 18.0 Å². The van der Waals surface area contributed by atoms with Crippen LogP contribution in [0.25, 0.3) is 0 Å². The van der Waals surface area contributed by atoms with E-state index in [4.69, 9.17) is 9.47 Å². The maximum Gasteiger partial charge on any atom is 0.338 e. The first-order chi connectivity index (χ1) is 13.5. The van der Waals surface area contributed by atoms with Crippen molar-refractivity contribution in [3.63, 3.8) is 0 Å². The Kier molecular flexibility index (Phi) is 6.07. The maximum atomic E-state index is 12.3. The zero-order valence-corrected chi connectivity index (χ0v) is 15.7. The number of hydrogen-bond donors (Lipinski definition) is 1. The molecule has 3 aromatic rings. The Bertz CT molecular complexity index is 952. The summed E-state index contributed by atoms with van der Waals surface area (Å²) in [4.78, 5) is 24.5. The Balaban J connectivity index is 1.55. The van der Waals surface area contributed by atoms with Gasteiger partial charge in [-0.15, -0.1) is 0 Å². The van der Waals surface area contributed by atoms with Gasteiger partial charge in [0, 0.05) is 5.69 Å². The van der Waals surface area contributed by atoms with Crippen molar-refractivity contribution >= 4 is 17.6 Å². The average Bonchev–Trinajstić information content (AvgIpc) is 2.70. The highest BCUT2D eigenvalue weighted by Gasteiger charge is 2.19. The fourth-order valence-electron chi connectivity index (χ4n) is 2.53. The highest BCUT2D eigenvalue weighted by atomic mass is 16.5. The van der Waals surface area contributed by atoms with E-state index in [1.165, 1.54) is 6.92 Å². The van der Waals surface area contributed by atoms with E-state index in [-0.39, 0.29) is 0 Å². The SMILES string of the molecule is Cc1cccc(C(=O)O[C@@H](C)C(=O)Nc2ccc(Oc3ccccc3)cc2)c1. The van der Waals surface area contributed by atoms with Crippen LogP contribution in [0.1, 0.15) is 22.8 Å². The van der Waals surface area contributed by atoms with E-state index in [1.807, 2.05) is 43.3 Å². The number of rotatable bonds is 6. The van der Waals surface area contributed by atoms with Crippen molar-refractivity contribution in [2.24, 2.45) is 0 Å². The molecule has 0 unspecified atom stereocenters. The van der Waals surface area contributed by atoms with Crippen LogP contribution in [0, 0.1) is 6.92 Å². The van der Waals surface area contributed by atoms with E-state index >= 15 is 0 Å². The van der Waals surface area contributed by atoms with Crippen LogP contribution < -0.4 is 10.1 Å². The Morgan fingerprint density at radius 3 is 2.21 bits per heavy atom. The molecule has 0 saturated carbocycles. The molecule has 3 aromatic carbocycles. The highest BCUT2D eigenvalue weighted by Crippen LogP contribution is 2.22. The lowest BCUT2D eigenvalue weighted by Gasteiger charge is -2.14. The summed E-state index contributed by atoms with van der Waals surface area (Å²) in [6, 6.07) is 23.4. The third-order valence-electron chi connectivity index (χ3n) is 4.01. The van der Waals surface area contributed by atoms with Gasteiger partial charge in [0.25, 0.3) is 5.91 Å². The molecule has 28 heavy (non-hydrogen) atoms. The van der Waals surface area contributed by atoms with Crippen LogP contribution in [0.15, 0.2) is 78.9 Å². The van der Waals surface area contributed by atoms with Crippen molar-refractivity contribution < 1.29 is 19.1 Å². The van der Waals surface area contributed by atoms with Gasteiger partial charge in [0.2, 0.25) is 0 Å². The number of esters is 1. The lowest BCUT2D eigenvalue weighted by atomic mass is 10.1. The lowest BCUT2D eigenvalue weighted by Crippen LogP contribution is -2.30. The molecule has 0 radical (unpaired) electrons. The average molecular weight is 375 g/mol. The summed E-state index contributed by atoms with van der Waals surface area (Å²) in [7, 11) is 0. The topological polar surface area (TPSA) is 64.6 Å². The number of anilines is 1. The summed E-state index contributed by atoms with van der Waals surface area (Å²) in [5.74, 6) is 0.454. The molecular weight excluding hydrogens is 354 g/mol. The number of carbonyl (C=O) groups is 2. The van der Waals surface area contributed by atoms with Gasteiger partial charge in [-0.1, -0.05) is 35.9 Å². The fraction of sp³-hybridized carbons (Fsp3) is 0.130. The van der Waals surface area contributed by atoms with Gasteiger partial charge < -0.3 is 14.8 Å². The number of para-hydroxylation sites is 1. The van der Waals surface area contributed by atoms with Crippen LogP contribution in [-0.4, -0.2) is 18.0 Å². The summed E-state index contributed by atoms with van der Waals surface area (Å²) in [6.07, 6.45) is -0.923. The lowest BCUT2D eigenvalue weighted by molar-refractivity contribution is -0.123. The van der Waals surface area contributed by atoms with Crippen LogP contribution in [0.5, 0.6) is 11.5 Å². The van der Waals surface area contributed by atoms with Gasteiger partial charge in [0.1, 0.15) is 11.5 Å². The molecule has 5 nitrogen and oxygen atoms in total. The number of carbonyl (C=O) groups excluding carboxylic acids is 2. The van der Waals surface area contributed by atoms with Gasteiger partial charge in [-0.3, -0.25) is 4.79 Å². The molecule has 1 atom stereocenters. The standard InChI is InChI=1S/C23H21NO4/c1-16-7-6-8-18(15-16)23(26)27-17(2)22(25)24-19-11-13-21(14-12-19)28-20-9-4-3-5-10-20/h3-15,17H,1-2H3,(H,24,25)/t17-/m0/s1. The van der Waals surface area contributed by atoms with Crippen molar-refractivity contribution in [2.75, 3.05) is 5.32 Å². The normalized spacial score (nSPS) is 11.4. The summed E-state index contributed by atoms with van der Waals surface area (Å²) >= 11 is 0. The minimum absolute atomic E-state index is 0.405. The van der Waals surface area contributed by atoms with Gasteiger partial charge >= 0.3 is 5.97 Å². The van der Waals surface area contributed by atoms with Gasteiger partial charge in [-0.2, -0.15) is 0 Å². The molecule has 3 rings (SSSR count). The van der Waals surface area contributed by atoms with E-state index in [0.29, 0.717) is 17.0 Å². The first-order valence-electron chi connectivity index (χ1n) is 8.93. The predicted octanol–water partition coefficient (Wildman–Crippen LogP) is 4.97. The monoisotopic (exact) mass is 375 g/mol.